The van der Waals surface area contributed by atoms with E-state index in [1.165, 1.54) is 0 Å². The minimum Gasteiger partial charge on any atom is -0.490 e. The summed E-state index contributed by atoms with van der Waals surface area (Å²) in [5.74, 6) is -0.432. The quantitative estimate of drug-likeness (QED) is 0.539. The van der Waals surface area contributed by atoms with Crippen LogP contribution in [0.4, 0.5) is 28.9 Å². The van der Waals surface area contributed by atoms with Gasteiger partial charge in [0.15, 0.2) is 18.1 Å². The molecule has 0 aliphatic carbocycles. The highest BCUT2D eigenvalue weighted by molar-refractivity contribution is 5.94. The van der Waals surface area contributed by atoms with Crippen LogP contribution in [0, 0.1) is 5.82 Å². The van der Waals surface area contributed by atoms with Gasteiger partial charge in [-0.05, 0) is 38.1 Å². The average molecular weight is 430 g/mol. The van der Waals surface area contributed by atoms with Gasteiger partial charge in [-0.15, -0.1) is 0 Å². The van der Waals surface area contributed by atoms with Gasteiger partial charge in [-0.1, -0.05) is 0 Å². The SMILES string of the molecule is CCOc1ccc(NC(=O)CNc2cc(F)ccc2OCC(F)(F)F)cc1OCC. The third-order valence-corrected chi connectivity index (χ3v) is 3.60. The highest BCUT2D eigenvalue weighted by atomic mass is 19.4. The van der Waals surface area contributed by atoms with Crippen LogP contribution in [0.1, 0.15) is 13.8 Å². The van der Waals surface area contributed by atoms with Crippen molar-refractivity contribution in [3.63, 3.8) is 0 Å². The van der Waals surface area contributed by atoms with Gasteiger partial charge < -0.3 is 24.8 Å². The first-order valence-electron chi connectivity index (χ1n) is 9.14. The zero-order chi connectivity index (χ0) is 22.1. The molecule has 0 aliphatic rings. The molecule has 2 N–H and O–H groups in total. The monoisotopic (exact) mass is 430 g/mol. The Balaban J connectivity index is 2.02. The van der Waals surface area contributed by atoms with Crippen LogP contribution < -0.4 is 24.8 Å². The Morgan fingerprint density at radius 2 is 1.60 bits per heavy atom. The van der Waals surface area contributed by atoms with Crippen LogP contribution in [0.25, 0.3) is 0 Å². The number of amides is 1. The number of halogens is 4. The molecular formula is C20H22F4N2O4. The summed E-state index contributed by atoms with van der Waals surface area (Å²) in [6.45, 7) is 2.62. The molecule has 0 radical (unpaired) electrons. The molecule has 2 aromatic carbocycles. The lowest BCUT2D eigenvalue weighted by molar-refractivity contribution is -0.153. The molecule has 0 saturated heterocycles. The van der Waals surface area contributed by atoms with Crippen molar-refractivity contribution in [3.05, 3.63) is 42.2 Å². The molecule has 30 heavy (non-hydrogen) atoms. The maximum absolute atomic E-state index is 13.5. The van der Waals surface area contributed by atoms with Crippen molar-refractivity contribution >= 4 is 17.3 Å². The van der Waals surface area contributed by atoms with Crippen LogP contribution in [-0.2, 0) is 4.79 Å². The second-order valence-electron chi connectivity index (χ2n) is 5.97. The van der Waals surface area contributed by atoms with Gasteiger partial charge in [0.25, 0.3) is 0 Å². The molecule has 2 aromatic rings. The maximum Gasteiger partial charge on any atom is 0.422 e. The van der Waals surface area contributed by atoms with Crippen LogP contribution in [0.15, 0.2) is 36.4 Å². The zero-order valence-corrected chi connectivity index (χ0v) is 16.4. The molecular weight excluding hydrogens is 408 g/mol. The lowest BCUT2D eigenvalue weighted by Gasteiger charge is -2.15. The van der Waals surface area contributed by atoms with Crippen molar-refractivity contribution in [2.24, 2.45) is 0 Å². The van der Waals surface area contributed by atoms with Crippen LogP contribution in [0.5, 0.6) is 17.2 Å². The lowest BCUT2D eigenvalue weighted by atomic mass is 10.2. The van der Waals surface area contributed by atoms with Gasteiger partial charge >= 0.3 is 6.18 Å². The van der Waals surface area contributed by atoms with Crippen LogP contribution in [0.2, 0.25) is 0 Å². The molecule has 1 amide bonds. The lowest BCUT2D eigenvalue weighted by Crippen LogP contribution is -2.23. The summed E-state index contributed by atoms with van der Waals surface area (Å²) in [7, 11) is 0. The molecule has 0 aromatic heterocycles. The molecule has 164 valence electrons. The predicted octanol–water partition coefficient (Wildman–Crippen LogP) is 4.61. The summed E-state index contributed by atoms with van der Waals surface area (Å²) < 4.78 is 66.2. The molecule has 2 rings (SSSR count). The number of carbonyl (C=O) groups excluding carboxylic acids is 1. The van der Waals surface area contributed by atoms with E-state index in [-0.39, 0.29) is 18.0 Å². The summed E-state index contributed by atoms with van der Waals surface area (Å²) in [5, 5.41) is 5.20. The van der Waals surface area contributed by atoms with Gasteiger partial charge in [-0.25, -0.2) is 4.39 Å². The van der Waals surface area contributed by atoms with Crippen LogP contribution in [0.3, 0.4) is 0 Å². The maximum atomic E-state index is 13.5. The van der Waals surface area contributed by atoms with E-state index in [0.717, 1.165) is 18.2 Å². The van der Waals surface area contributed by atoms with E-state index in [0.29, 0.717) is 30.4 Å². The second kappa shape index (κ2) is 10.6. The molecule has 0 spiro atoms. The van der Waals surface area contributed by atoms with E-state index in [4.69, 9.17) is 9.47 Å². The highest BCUT2D eigenvalue weighted by Crippen LogP contribution is 2.31. The Labute approximate surface area is 171 Å². The van der Waals surface area contributed by atoms with E-state index < -0.39 is 24.5 Å². The summed E-state index contributed by atoms with van der Waals surface area (Å²) >= 11 is 0. The van der Waals surface area contributed by atoms with Crippen LogP contribution >= 0.6 is 0 Å². The largest absolute Gasteiger partial charge is 0.490 e. The normalized spacial score (nSPS) is 11.0. The molecule has 0 bridgehead atoms. The molecule has 0 saturated carbocycles. The van der Waals surface area contributed by atoms with Gasteiger partial charge in [0.2, 0.25) is 5.91 Å². The number of alkyl halides is 3. The van der Waals surface area contributed by atoms with Gasteiger partial charge in [0.1, 0.15) is 11.6 Å². The first-order valence-corrected chi connectivity index (χ1v) is 9.14. The van der Waals surface area contributed by atoms with E-state index in [1.807, 2.05) is 13.8 Å². The van der Waals surface area contributed by atoms with E-state index in [2.05, 4.69) is 15.4 Å². The highest BCUT2D eigenvalue weighted by Gasteiger charge is 2.29. The first-order chi connectivity index (χ1) is 14.2. The topological polar surface area (TPSA) is 68.8 Å². The summed E-state index contributed by atoms with van der Waals surface area (Å²) in [6.07, 6.45) is -4.55. The Morgan fingerprint density at radius 1 is 0.933 bits per heavy atom. The zero-order valence-electron chi connectivity index (χ0n) is 16.4. The fourth-order valence-corrected chi connectivity index (χ4v) is 2.44. The molecule has 0 heterocycles. The van der Waals surface area contributed by atoms with Crippen LogP contribution in [-0.4, -0.2) is 38.4 Å². The number of nitrogens with one attached hydrogen (secondary N) is 2. The standard InChI is InChI=1S/C20H22F4N2O4/c1-3-28-17-8-6-14(10-18(17)29-4-2)26-19(27)11-25-15-9-13(21)5-7-16(15)30-12-20(22,23)24/h5-10,25H,3-4,11-12H2,1-2H3,(H,26,27). The van der Waals surface area contributed by atoms with Crippen molar-refractivity contribution in [3.8, 4) is 17.2 Å². The Hall–Kier alpha value is -3.17. The van der Waals surface area contributed by atoms with Crippen molar-refractivity contribution in [1.82, 2.24) is 0 Å². The molecule has 0 aliphatic heterocycles. The van der Waals surface area contributed by atoms with Gasteiger partial charge in [0.05, 0.1) is 25.4 Å². The minimum atomic E-state index is -4.55. The molecule has 6 nitrogen and oxygen atoms in total. The summed E-state index contributed by atoms with van der Waals surface area (Å²) in [4.78, 5) is 12.2. The summed E-state index contributed by atoms with van der Waals surface area (Å²) in [5.41, 5.74) is 0.359. The van der Waals surface area contributed by atoms with Crippen molar-refractivity contribution in [2.75, 3.05) is 37.0 Å². The Kier molecular flexibility index (Phi) is 8.14. The third kappa shape index (κ3) is 7.34. The number of carbonyl (C=O) groups is 1. The van der Waals surface area contributed by atoms with E-state index in [9.17, 15) is 22.4 Å². The van der Waals surface area contributed by atoms with Gasteiger partial charge in [-0.3, -0.25) is 4.79 Å². The number of hydrogen-bond donors (Lipinski definition) is 2. The number of hydrogen-bond acceptors (Lipinski definition) is 5. The number of anilines is 2. The first kappa shape index (κ1) is 23.1. The van der Waals surface area contributed by atoms with E-state index >= 15 is 0 Å². The van der Waals surface area contributed by atoms with Crippen molar-refractivity contribution in [1.29, 1.82) is 0 Å². The molecule has 10 heteroatoms. The second-order valence-corrected chi connectivity index (χ2v) is 5.97. The van der Waals surface area contributed by atoms with Crippen molar-refractivity contribution < 1.29 is 36.6 Å². The van der Waals surface area contributed by atoms with E-state index in [1.54, 1.807) is 18.2 Å². The molecule has 0 atom stereocenters. The summed E-state index contributed by atoms with van der Waals surface area (Å²) in [6, 6.07) is 7.82. The van der Waals surface area contributed by atoms with Gasteiger partial charge in [-0.2, -0.15) is 13.2 Å². The number of benzene rings is 2. The number of rotatable bonds is 10. The fourth-order valence-electron chi connectivity index (χ4n) is 2.44. The number of ether oxygens (including phenoxy) is 3. The van der Waals surface area contributed by atoms with Gasteiger partial charge in [0, 0.05) is 17.8 Å². The predicted molar refractivity (Wildman–Crippen MR) is 104 cm³/mol. The fraction of sp³-hybridized carbons (Fsp3) is 0.350. The van der Waals surface area contributed by atoms with Crippen molar-refractivity contribution in [2.45, 2.75) is 20.0 Å². The smallest absolute Gasteiger partial charge is 0.422 e. The molecule has 0 fully saturated rings. The Bertz CT molecular complexity index is 859. The Morgan fingerprint density at radius 3 is 2.27 bits per heavy atom. The molecule has 0 unspecified atom stereocenters. The minimum absolute atomic E-state index is 0.0731. The third-order valence-electron chi connectivity index (χ3n) is 3.60. The average Bonchev–Trinajstić information content (AvgIpc) is 2.67.